The first-order valence-electron chi connectivity index (χ1n) is 6.85. The topological polar surface area (TPSA) is 46.9 Å². The van der Waals surface area contributed by atoms with Gasteiger partial charge in [-0.1, -0.05) is 26.0 Å². The number of imidazole rings is 1. The van der Waals surface area contributed by atoms with Gasteiger partial charge in [0, 0.05) is 19.5 Å². The van der Waals surface area contributed by atoms with Crippen molar-refractivity contribution in [3.05, 3.63) is 42.2 Å². The highest BCUT2D eigenvalue weighted by Crippen LogP contribution is 2.21. The van der Waals surface area contributed by atoms with Gasteiger partial charge >= 0.3 is 0 Å². The number of rotatable bonds is 5. The Kier molecular flexibility index (Phi) is 4.23. The van der Waals surface area contributed by atoms with Gasteiger partial charge in [0.2, 0.25) is 5.91 Å². The Bertz CT molecular complexity index is 640. The fourth-order valence-electron chi connectivity index (χ4n) is 2.32. The van der Waals surface area contributed by atoms with Gasteiger partial charge in [0.05, 0.1) is 17.5 Å². The van der Waals surface area contributed by atoms with Gasteiger partial charge in [-0.3, -0.25) is 4.79 Å². The van der Waals surface area contributed by atoms with Crippen LogP contribution in [0.15, 0.2) is 30.9 Å². The molecule has 106 valence electrons. The van der Waals surface area contributed by atoms with Gasteiger partial charge in [-0.25, -0.2) is 4.98 Å². The number of amides is 1. The molecule has 0 spiro atoms. The number of nitrogens with zero attached hydrogens (tertiary/aromatic N) is 2. The molecule has 0 unspecified atom stereocenters. The number of hydrogen-bond acceptors (Lipinski definition) is 2. The minimum Gasteiger partial charge on any atom is -0.352 e. The molecule has 0 radical (unpaired) electrons. The Morgan fingerprint density at radius 1 is 1.50 bits per heavy atom. The number of nitrogens with one attached hydrogen (secondary N) is 1. The molecule has 1 amide bonds. The van der Waals surface area contributed by atoms with Crippen LogP contribution in [0.4, 0.5) is 0 Å². The molecule has 1 aromatic heterocycles. The zero-order valence-electron chi connectivity index (χ0n) is 12.3. The summed E-state index contributed by atoms with van der Waals surface area (Å²) in [4.78, 5) is 16.4. The van der Waals surface area contributed by atoms with E-state index in [0.29, 0.717) is 18.9 Å². The van der Waals surface area contributed by atoms with Crippen LogP contribution in [-0.4, -0.2) is 22.0 Å². The van der Waals surface area contributed by atoms with Gasteiger partial charge in [0.1, 0.15) is 5.82 Å². The second kappa shape index (κ2) is 5.90. The monoisotopic (exact) mass is 271 g/mol. The van der Waals surface area contributed by atoms with E-state index in [-0.39, 0.29) is 5.91 Å². The van der Waals surface area contributed by atoms with Crippen molar-refractivity contribution in [3.8, 4) is 0 Å². The van der Waals surface area contributed by atoms with E-state index in [0.717, 1.165) is 22.4 Å². The normalized spacial score (nSPS) is 11.0. The van der Waals surface area contributed by atoms with E-state index >= 15 is 0 Å². The average molecular weight is 271 g/mol. The molecule has 2 aromatic rings. The van der Waals surface area contributed by atoms with Crippen molar-refractivity contribution in [2.75, 3.05) is 6.54 Å². The van der Waals surface area contributed by atoms with Crippen molar-refractivity contribution in [2.24, 2.45) is 7.05 Å². The minimum atomic E-state index is 0.00395. The van der Waals surface area contributed by atoms with Crippen molar-refractivity contribution in [1.29, 1.82) is 0 Å². The fraction of sp³-hybridized carbons (Fsp3) is 0.375. The molecule has 1 N–H and O–H groups in total. The molecule has 0 aliphatic rings. The first-order chi connectivity index (χ1) is 9.52. The summed E-state index contributed by atoms with van der Waals surface area (Å²) in [6.07, 6.45) is 2.05. The number of hydrogen-bond donors (Lipinski definition) is 1. The smallest absolute Gasteiger partial charge is 0.224 e. The zero-order chi connectivity index (χ0) is 14.7. The van der Waals surface area contributed by atoms with Crippen LogP contribution >= 0.6 is 0 Å². The molecule has 0 saturated carbocycles. The van der Waals surface area contributed by atoms with Gasteiger partial charge in [-0.05, 0) is 17.7 Å². The number of carbonyl (C=O) groups excluding carboxylic acids is 1. The molecular weight excluding hydrogens is 250 g/mol. The highest BCUT2D eigenvalue weighted by Gasteiger charge is 2.12. The molecule has 0 saturated heterocycles. The molecular formula is C16H21N3O. The van der Waals surface area contributed by atoms with Crippen LogP contribution in [0.2, 0.25) is 0 Å². The summed E-state index contributed by atoms with van der Waals surface area (Å²) >= 11 is 0. The molecule has 1 heterocycles. The van der Waals surface area contributed by atoms with Crippen LogP contribution in [0.25, 0.3) is 11.0 Å². The Morgan fingerprint density at radius 2 is 2.25 bits per heavy atom. The lowest BCUT2D eigenvalue weighted by atomic mass is 10.1. The Labute approximate surface area is 119 Å². The highest BCUT2D eigenvalue weighted by atomic mass is 16.1. The van der Waals surface area contributed by atoms with Gasteiger partial charge in [0.25, 0.3) is 0 Å². The van der Waals surface area contributed by atoms with Crippen molar-refractivity contribution in [1.82, 2.24) is 14.9 Å². The number of benzene rings is 1. The van der Waals surface area contributed by atoms with E-state index in [1.165, 1.54) is 0 Å². The van der Waals surface area contributed by atoms with Crippen LogP contribution in [0.5, 0.6) is 0 Å². The molecule has 4 heteroatoms. The maximum absolute atomic E-state index is 11.7. The largest absolute Gasteiger partial charge is 0.352 e. The van der Waals surface area contributed by atoms with Crippen LogP contribution in [0, 0.1) is 0 Å². The summed E-state index contributed by atoms with van der Waals surface area (Å²) in [5.41, 5.74) is 3.03. The lowest BCUT2D eigenvalue weighted by Gasteiger charge is -2.05. The summed E-state index contributed by atoms with van der Waals surface area (Å²) < 4.78 is 2.11. The third-order valence-electron chi connectivity index (χ3n) is 3.30. The van der Waals surface area contributed by atoms with Crippen molar-refractivity contribution in [2.45, 2.75) is 26.2 Å². The van der Waals surface area contributed by atoms with Crippen LogP contribution < -0.4 is 5.32 Å². The summed E-state index contributed by atoms with van der Waals surface area (Å²) in [5.74, 6) is 1.45. The molecule has 0 atom stereocenters. The molecule has 4 nitrogen and oxygen atoms in total. The van der Waals surface area contributed by atoms with Crippen molar-refractivity contribution in [3.63, 3.8) is 0 Å². The maximum Gasteiger partial charge on any atom is 0.224 e. The van der Waals surface area contributed by atoms with Gasteiger partial charge in [-0.15, -0.1) is 6.58 Å². The molecule has 0 fully saturated rings. The quantitative estimate of drug-likeness (QED) is 0.849. The standard InChI is InChI=1S/C16H21N3O/c1-5-8-17-15(20)10-12-6-7-14-13(9-12)18-16(11(2)3)19(14)4/h5-7,9,11H,1,8,10H2,2-4H3,(H,17,20). The van der Waals surface area contributed by atoms with E-state index in [9.17, 15) is 4.79 Å². The number of fused-ring (bicyclic) bond motifs is 1. The second-order valence-corrected chi connectivity index (χ2v) is 5.28. The minimum absolute atomic E-state index is 0.00395. The lowest BCUT2D eigenvalue weighted by Crippen LogP contribution is -2.24. The van der Waals surface area contributed by atoms with E-state index in [1.807, 2.05) is 25.2 Å². The van der Waals surface area contributed by atoms with Crippen LogP contribution in [0.3, 0.4) is 0 Å². The molecule has 0 aliphatic heterocycles. The lowest BCUT2D eigenvalue weighted by molar-refractivity contribution is -0.120. The Balaban J connectivity index is 2.25. The van der Waals surface area contributed by atoms with Crippen LogP contribution in [-0.2, 0) is 18.3 Å². The predicted octanol–water partition coefficient (Wildman–Crippen LogP) is 2.54. The Morgan fingerprint density at radius 3 is 2.90 bits per heavy atom. The predicted molar refractivity (Wildman–Crippen MR) is 81.7 cm³/mol. The van der Waals surface area contributed by atoms with Gasteiger partial charge in [0.15, 0.2) is 0 Å². The summed E-state index contributed by atoms with van der Waals surface area (Å²) in [6.45, 7) is 8.34. The number of aryl methyl sites for hydroxylation is 1. The molecule has 20 heavy (non-hydrogen) atoms. The van der Waals surface area contributed by atoms with E-state index in [2.05, 4.69) is 35.3 Å². The maximum atomic E-state index is 11.7. The van der Waals surface area contributed by atoms with Gasteiger partial charge < -0.3 is 9.88 Å². The van der Waals surface area contributed by atoms with Crippen LogP contribution in [0.1, 0.15) is 31.2 Å². The molecule has 1 aromatic carbocycles. The van der Waals surface area contributed by atoms with Crippen molar-refractivity contribution >= 4 is 16.9 Å². The summed E-state index contributed by atoms with van der Waals surface area (Å²) in [5, 5.41) is 2.78. The van der Waals surface area contributed by atoms with Gasteiger partial charge in [-0.2, -0.15) is 0 Å². The second-order valence-electron chi connectivity index (χ2n) is 5.28. The van der Waals surface area contributed by atoms with E-state index in [4.69, 9.17) is 0 Å². The summed E-state index contributed by atoms with van der Waals surface area (Å²) in [7, 11) is 2.03. The van der Waals surface area contributed by atoms with E-state index < -0.39 is 0 Å². The zero-order valence-corrected chi connectivity index (χ0v) is 12.3. The number of aromatic nitrogens is 2. The third kappa shape index (κ3) is 2.90. The first kappa shape index (κ1) is 14.3. The Hall–Kier alpha value is -2.10. The number of carbonyl (C=O) groups is 1. The molecule has 0 bridgehead atoms. The molecule has 0 aliphatic carbocycles. The molecule has 2 rings (SSSR count). The van der Waals surface area contributed by atoms with E-state index in [1.54, 1.807) is 6.08 Å². The highest BCUT2D eigenvalue weighted by molar-refractivity contribution is 5.82. The van der Waals surface area contributed by atoms with Crippen molar-refractivity contribution < 1.29 is 4.79 Å². The first-order valence-corrected chi connectivity index (χ1v) is 6.85. The third-order valence-corrected chi connectivity index (χ3v) is 3.30. The summed E-state index contributed by atoms with van der Waals surface area (Å²) in [6, 6.07) is 6.01. The average Bonchev–Trinajstić information content (AvgIpc) is 2.73. The SMILES string of the molecule is C=CCNC(=O)Cc1ccc2c(c1)nc(C(C)C)n2C. The fourth-order valence-corrected chi connectivity index (χ4v) is 2.32.